The first kappa shape index (κ1) is 19.1. The Morgan fingerprint density at radius 3 is 2.33 bits per heavy atom. The van der Waals surface area contributed by atoms with Gasteiger partial charge in [-0.1, -0.05) is 30.0 Å². The van der Waals surface area contributed by atoms with Gasteiger partial charge >= 0.3 is 7.12 Å². The molecule has 1 saturated heterocycles. The average molecular weight is 348 g/mol. The highest BCUT2D eigenvalue weighted by Gasteiger charge is 2.52. The first-order valence-corrected chi connectivity index (χ1v) is 8.99. The second kappa shape index (κ2) is 6.94. The Bertz CT molecular complexity index is 651. The Labute approximate surface area is 148 Å². The number of phenolic OH excluding ortho intramolecular Hbond substituents is 1. The number of phenols is 1. The Morgan fingerprint density at radius 2 is 1.83 bits per heavy atom. The molecule has 0 aliphatic carbocycles. The van der Waals surface area contributed by atoms with Gasteiger partial charge in [-0.2, -0.15) is 0 Å². The molecule has 0 amide bonds. The van der Waals surface area contributed by atoms with Crippen LogP contribution in [0.25, 0.3) is 6.08 Å². The summed E-state index contributed by atoms with van der Waals surface area (Å²) in [5.74, 6) is 0.663. The van der Waals surface area contributed by atoms with Crippen LogP contribution in [0, 0.1) is 6.92 Å². The molecule has 0 aromatic heterocycles. The molecule has 130 valence electrons. The molecule has 2 rings (SSSR count). The van der Waals surface area contributed by atoms with Crippen LogP contribution in [-0.2, 0) is 14.1 Å². The van der Waals surface area contributed by atoms with Gasteiger partial charge in [0.25, 0.3) is 0 Å². The lowest BCUT2D eigenvalue weighted by molar-refractivity contribution is -0.109. The second-order valence-corrected chi connectivity index (χ2v) is 8.30. The molecule has 1 heterocycles. The third kappa shape index (κ3) is 4.24. The maximum Gasteiger partial charge on any atom is 0.491 e. The van der Waals surface area contributed by atoms with Gasteiger partial charge in [0, 0.05) is 18.2 Å². The summed E-state index contributed by atoms with van der Waals surface area (Å²) >= 11 is 1.21. The molecule has 1 aliphatic rings. The van der Waals surface area contributed by atoms with Crippen LogP contribution >= 0.6 is 11.8 Å². The van der Waals surface area contributed by atoms with Crippen LogP contribution in [0.3, 0.4) is 0 Å². The van der Waals surface area contributed by atoms with Crippen molar-refractivity contribution >= 4 is 30.1 Å². The Hall–Kier alpha value is -1.24. The summed E-state index contributed by atoms with van der Waals surface area (Å²) in [6, 6.07) is 5.51. The standard InChI is InChI=1S/C18H25BO4S/c1-12-7-8-14(16(21)9-12)10-15(11-24-13(2)20)19-22-17(3,4)18(5,6)23-19/h7-10,21H,11H2,1-6H3. The predicted molar refractivity (Wildman–Crippen MR) is 100 cm³/mol. The summed E-state index contributed by atoms with van der Waals surface area (Å²) < 4.78 is 12.2. The molecule has 0 radical (unpaired) electrons. The van der Waals surface area contributed by atoms with E-state index in [1.807, 2.05) is 52.8 Å². The van der Waals surface area contributed by atoms with Crippen LogP contribution < -0.4 is 0 Å². The molecule has 0 spiro atoms. The molecular formula is C18H25BO4S. The van der Waals surface area contributed by atoms with Gasteiger partial charge in [0.2, 0.25) is 0 Å². The summed E-state index contributed by atoms with van der Waals surface area (Å²) in [6.45, 7) is 11.4. The van der Waals surface area contributed by atoms with Crippen molar-refractivity contribution in [3.05, 3.63) is 34.8 Å². The molecule has 0 atom stereocenters. The van der Waals surface area contributed by atoms with E-state index in [0.29, 0.717) is 11.3 Å². The Morgan fingerprint density at radius 1 is 1.25 bits per heavy atom. The fourth-order valence-electron chi connectivity index (χ4n) is 2.33. The lowest BCUT2D eigenvalue weighted by atomic mass is 9.78. The fraction of sp³-hybridized carbons (Fsp3) is 0.500. The molecule has 1 aromatic rings. The van der Waals surface area contributed by atoms with Crippen molar-refractivity contribution in [1.29, 1.82) is 0 Å². The molecule has 0 unspecified atom stereocenters. The summed E-state index contributed by atoms with van der Waals surface area (Å²) in [7, 11) is -0.539. The third-order valence-corrected chi connectivity index (χ3v) is 5.41. The van der Waals surface area contributed by atoms with E-state index >= 15 is 0 Å². The zero-order chi connectivity index (χ0) is 18.1. The zero-order valence-electron chi connectivity index (χ0n) is 15.2. The van der Waals surface area contributed by atoms with Gasteiger partial charge in [-0.15, -0.1) is 0 Å². The number of carbonyl (C=O) groups is 1. The van der Waals surface area contributed by atoms with Crippen LogP contribution in [0.5, 0.6) is 5.75 Å². The topological polar surface area (TPSA) is 55.8 Å². The van der Waals surface area contributed by atoms with E-state index in [-0.39, 0.29) is 10.9 Å². The number of aryl methyl sites for hydroxylation is 1. The minimum absolute atomic E-state index is 0.0329. The number of hydrogen-bond donors (Lipinski definition) is 1. The van der Waals surface area contributed by atoms with Crippen molar-refractivity contribution in [3.63, 3.8) is 0 Å². The SMILES string of the molecule is CC(=O)SCC(=Cc1ccc(C)cc1O)B1OC(C)(C)C(C)(C)O1. The highest BCUT2D eigenvalue weighted by atomic mass is 32.2. The van der Waals surface area contributed by atoms with Gasteiger partial charge in [-0.25, -0.2) is 0 Å². The summed E-state index contributed by atoms with van der Waals surface area (Å²) in [5.41, 5.74) is 1.60. The van der Waals surface area contributed by atoms with Crippen molar-refractivity contribution in [2.24, 2.45) is 0 Å². The quantitative estimate of drug-likeness (QED) is 0.834. The molecule has 1 N–H and O–H groups in total. The van der Waals surface area contributed by atoms with Crippen LogP contribution in [-0.4, -0.2) is 34.3 Å². The van der Waals surface area contributed by atoms with E-state index in [1.165, 1.54) is 18.7 Å². The maximum absolute atomic E-state index is 11.4. The van der Waals surface area contributed by atoms with Gasteiger partial charge in [0.15, 0.2) is 5.12 Å². The number of aromatic hydroxyl groups is 1. The molecule has 6 heteroatoms. The molecule has 1 aromatic carbocycles. The number of benzene rings is 1. The average Bonchev–Trinajstić information content (AvgIpc) is 2.65. The molecule has 0 saturated carbocycles. The molecule has 4 nitrogen and oxygen atoms in total. The lowest BCUT2D eigenvalue weighted by Gasteiger charge is -2.32. The highest BCUT2D eigenvalue weighted by Crippen LogP contribution is 2.39. The van der Waals surface area contributed by atoms with Crippen molar-refractivity contribution in [2.75, 3.05) is 5.75 Å². The van der Waals surface area contributed by atoms with E-state index in [9.17, 15) is 9.90 Å². The minimum Gasteiger partial charge on any atom is -0.507 e. The van der Waals surface area contributed by atoms with Crippen molar-refractivity contribution in [3.8, 4) is 5.75 Å². The van der Waals surface area contributed by atoms with E-state index < -0.39 is 18.3 Å². The second-order valence-electron chi connectivity index (χ2n) is 7.15. The van der Waals surface area contributed by atoms with Gasteiger partial charge in [-0.05, 0) is 51.7 Å². The van der Waals surface area contributed by atoms with Crippen LogP contribution in [0.2, 0.25) is 0 Å². The van der Waals surface area contributed by atoms with E-state index in [2.05, 4.69) is 0 Å². The fourth-order valence-corrected chi connectivity index (χ4v) is 2.92. The molecule has 1 fully saturated rings. The van der Waals surface area contributed by atoms with Crippen LogP contribution in [0.15, 0.2) is 23.7 Å². The summed E-state index contributed by atoms with van der Waals surface area (Å²) in [6.07, 6.45) is 1.85. The lowest BCUT2D eigenvalue weighted by Crippen LogP contribution is -2.41. The maximum atomic E-state index is 11.4. The molecular weight excluding hydrogens is 323 g/mol. The minimum atomic E-state index is -0.539. The normalized spacial score (nSPS) is 19.6. The van der Waals surface area contributed by atoms with Crippen molar-refractivity contribution < 1.29 is 19.2 Å². The van der Waals surface area contributed by atoms with Crippen LogP contribution in [0.1, 0.15) is 45.7 Å². The third-order valence-electron chi connectivity index (χ3n) is 4.52. The largest absolute Gasteiger partial charge is 0.507 e. The Balaban J connectivity index is 2.35. The zero-order valence-corrected chi connectivity index (χ0v) is 16.0. The van der Waals surface area contributed by atoms with Crippen molar-refractivity contribution in [1.82, 2.24) is 0 Å². The van der Waals surface area contributed by atoms with Gasteiger partial charge in [0.05, 0.1) is 11.2 Å². The van der Waals surface area contributed by atoms with Crippen molar-refractivity contribution in [2.45, 2.75) is 52.7 Å². The summed E-state index contributed by atoms with van der Waals surface area (Å²) in [4.78, 5) is 11.4. The first-order chi connectivity index (χ1) is 11.0. The molecule has 24 heavy (non-hydrogen) atoms. The smallest absolute Gasteiger partial charge is 0.491 e. The number of carbonyl (C=O) groups excluding carboxylic acids is 1. The van der Waals surface area contributed by atoms with Gasteiger partial charge < -0.3 is 14.4 Å². The number of hydrogen-bond acceptors (Lipinski definition) is 5. The first-order valence-electron chi connectivity index (χ1n) is 8.01. The van der Waals surface area contributed by atoms with Gasteiger partial charge in [-0.3, -0.25) is 4.79 Å². The Kier molecular flexibility index (Phi) is 5.52. The molecule has 1 aliphatic heterocycles. The highest BCUT2D eigenvalue weighted by molar-refractivity contribution is 8.13. The summed E-state index contributed by atoms with van der Waals surface area (Å²) in [5, 5.41) is 10.2. The van der Waals surface area contributed by atoms with E-state index in [0.717, 1.165) is 11.0 Å². The predicted octanol–water partition coefficient (Wildman–Crippen LogP) is 4.00. The number of thioether (sulfide) groups is 1. The monoisotopic (exact) mass is 348 g/mol. The van der Waals surface area contributed by atoms with Crippen LogP contribution in [0.4, 0.5) is 0 Å². The molecule has 0 bridgehead atoms. The van der Waals surface area contributed by atoms with E-state index in [1.54, 1.807) is 6.07 Å². The van der Waals surface area contributed by atoms with E-state index in [4.69, 9.17) is 9.31 Å². The number of rotatable bonds is 4. The van der Waals surface area contributed by atoms with Gasteiger partial charge in [0.1, 0.15) is 5.75 Å².